The van der Waals surface area contributed by atoms with Gasteiger partial charge >= 0.3 is 0 Å². The average Bonchev–Trinajstić information content (AvgIpc) is 2.77. The molecule has 4 aliphatic rings. The summed E-state index contributed by atoms with van der Waals surface area (Å²) in [6.07, 6.45) is 7.65. The van der Waals surface area contributed by atoms with Gasteiger partial charge in [0.1, 0.15) is 0 Å². The second-order valence-electron chi connectivity index (χ2n) is 8.75. The van der Waals surface area contributed by atoms with E-state index in [1.165, 1.54) is 0 Å². The lowest BCUT2D eigenvalue weighted by Crippen LogP contribution is -2.54. The first-order chi connectivity index (χ1) is 10.4. The summed E-state index contributed by atoms with van der Waals surface area (Å²) in [6, 6.07) is 0. The van der Waals surface area contributed by atoms with E-state index >= 15 is 0 Å². The van der Waals surface area contributed by atoms with Crippen molar-refractivity contribution < 1.29 is 15.0 Å². The Morgan fingerprint density at radius 1 is 1.09 bits per heavy atom. The van der Waals surface area contributed by atoms with E-state index in [1.807, 2.05) is 0 Å². The summed E-state index contributed by atoms with van der Waals surface area (Å²) in [4.78, 5) is 11.8. The fourth-order valence-corrected chi connectivity index (χ4v) is 6.58. The third-order valence-electron chi connectivity index (χ3n) is 7.93. The fraction of sp³-hybridized carbons (Fsp3) is 0.842. The van der Waals surface area contributed by atoms with Crippen LogP contribution >= 0.6 is 0 Å². The minimum Gasteiger partial charge on any atom is -0.393 e. The fourth-order valence-electron chi connectivity index (χ4n) is 6.58. The van der Waals surface area contributed by atoms with Gasteiger partial charge in [0.25, 0.3) is 0 Å². The van der Waals surface area contributed by atoms with E-state index in [-0.39, 0.29) is 22.7 Å². The number of hydrogen-bond acceptors (Lipinski definition) is 3. The molecule has 4 rings (SSSR count). The Bertz CT molecular complexity index is 539. The zero-order valence-corrected chi connectivity index (χ0v) is 13.7. The van der Waals surface area contributed by atoms with Gasteiger partial charge in [0.15, 0.2) is 5.78 Å². The lowest BCUT2D eigenvalue weighted by atomic mass is 9.47. The molecule has 0 radical (unpaired) electrons. The van der Waals surface area contributed by atoms with Crippen LogP contribution in [0.15, 0.2) is 11.6 Å². The van der Waals surface area contributed by atoms with E-state index in [4.69, 9.17) is 0 Å². The Kier molecular flexibility index (Phi) is 3.16. The molecular weight excluding hydrogens is 276 g/mol. The van der Waals surface area contributed by atoms with E-state index in [2.05, 4.69) is 13.8 Å². The molecule has 3 fully saturated rings. The molecule has 0 aromatic carbocycles. The normalized spacial score (nSPS) is 54.3. The van der Waals surface area contributed by atoms with Crippen LogP contribution in [0.4, 0.5) is 0 Å². The van der Waals surface area contributed by atoms with Crippen molar-refractivity contribution in [3.8, 4) is 0 Å². The molecule has 0 bridgehead atoms. The van der Waals surface area contributed by atoms with Gasteiger partial charge in [-0.1, -0.05) is 13.8 Å². The molecule has 2 N–H and O–H groups in total. The van der Waals surface area contributed by atoms with Gasteiger partial charge in [-0.3, -0.25) is 4.79 Å². The summed E-state index contributed by atoms with van der Waals surface area (Å²) < 4.78 is 0. The summed E-state index contributed by atoms with van der Waals surface area (Å²) in [5, 5.41) is 21.2. The quantitative estimate of drug-likeness (QED) is 0.723. The zero-order chi connectivity index (χ0) is 15.7. The van der Waals surface area contributed by atoms with Crippen LogP contribution in [0, 0.1) is 28.6 Å². The van der Waals surface area contributed by atoms with E-state index < -0.39 is 6.10 Å². The minimum atomic E-state index is -0.462. The van der Waals surface area contributed by atoms with Gasteiger partial charge in [0, 0.05) is 6.42 Å². The molecule has 0 aliphatic heterocycles. The third kappa shape index (κ3) is 1.78. The van der Waals surface area contributed by atoms with Gasteiger partial charge in [0.2, 0.25) is 0 Å². The van der Waals surface area contributed by atoms with Gasteiger partial charge in [0.05, 0.1) is 12.2 Å². The van der Waals surface area contributed by atoms with Crippen molar-refractivity contribution in [3.63, 3.8) is 0 Å². The van der Waals surface area contributed by atoms with Crippen LogP contribution in [0.2, 0.25) is 0 Å². The van der Waals surface area contributed by atoms with Crippen LogP contribution in [-0.2, 0) is 4.79 Å². The standard InChI is InChI=1S/C19H28O3/c1-18-7-5-11(20)9-15(18)16(21)10-12-13-3-4-17(22)19(13,2)8-6-14(12)18/h9,12-14,16-17,21-22H,3-8,10H2,1-2H3/t12-,13-,14-,16-,17-,18+,19-/m0/s1. The van der Waals surface area contributed by atoms with Gasteiger partial charge in [-0.2, -0.15) is 0 Å². The highest BCUT2D eigenvalue weighted by atomic mass is 16.3. The Labute approximate surface area is 132 Å². The average molecular weight is 304 g/mol. The summed E-state index contributed by atoms with van der Waals surface area (Å²) in [6.45, 7) is 4.54. The molecule has 7 atom stereocenters. The van der Waals surface area contributed by atoms with Crippen molar-refractivity contribution in [2.75, 3.05) is 0 Å². The van der Waals surface area contributed by atoms with Gasteiger partial charge < -0.3 is 10.2 Å². The number of fused-ring (bicyclic) bond motifs is 5. The van der Waals surface area contributed by atoms with Crippen molar-refractivity contribution in [3.05, 3.63) is 11.6 Å². The number of aliphatic hydroxyl groups is 2. The van der Waals surface area contributed by atoms with Crippen LogP contribution in [-0.4, -0.2) is 28.2 Å². The number of carbonyl (C=O) groups excluding carboxylic acids is 1. The molecule has 0 spiro atoms. The molecule has 3 heteroatoms. The number of ketones is 1. The Morgan fingerprint density at radius 2 is 1.86 bits per heavy atom. The first-order valence-electron chi connectivity index (χ1n) is 8.97. The van der Waals surface area contributed by atoms with Crippen LogP contribution in [0.1, 0.15) is 58.8 Å². The molecule has 0 heterocycles. The Hall–Kier alpha value is -0.670. The van der Waals surface area contributed by atoms with Crippen molar-refractivity contribution in [2.24, 2.45) is 28.6 Å². The highest BCUT2D eigenvalue weighted by molar-refractivity contribution is 5.91. The lowest BCUT2D eigenvalue weighted by Gasteiger charge is -2.58. The number of hydrogen-bond donors (Lipinski definition) is 2. The van der Waals surface area contributed by atoms with E-state index in [1.54, 1.807) is 6.08 Å². The SMILES string of the molecule is C[C@]12CC[C@H]3[C@@H](C[C@H](O)C4=CC(=O)CC[C@@]43C)[C@@H]1CC[C@@H]2O. The molecular formula is C19H28O3. The first-order valence-corrected chi connectivity index (χ1v) is 8.97. The maximum atomic E-state index is 11.8. The molecule has 4 aliphatic carbocycles. The maximum absolute atomic E-state index is 11.8. The van der Waals surface area contributed by atoms with Crippen molar-refractivity contribution in [1.82, 2.24) is 0 Å². The highest BCUT2D eigenvalue weighted by Crippen LogP contribution is 2.65. The predicted molar refractivity (Wildman–Crippen MR) is 84.1 cm³/mol. The number of aliphatic hydroxyl groups excluding tert-OH is 2. The molecule has 22 heavy (non-hydrogen) atoms. The van der Waals surface area contributed by atoms with Crippen LogP contribution in [0.25, 0.3) is 0 Å². The number of carbonyl (C=O) groups is 1. The molecule has 3 saturated carbocycles. The second kappa shape index (κ2) is 4.67. The smallest absolute Gasteiger partial charge is 0.155 e. The molecule has 0 amide bonds. The Morgan fingerprint density at radius 3 is 2.64 bits per heavy atom. The van der Waals surface area contributed by atoms with Crippen molar-refractivity contribution in [1.29, 1.82) is 0 Å². The topological polar surface area (TPSA) is 57.5 Å². The third-order valence-corrected chi connectivity index (χ3v) is 7.93. The van der Waals surface area contributed by atoms with Crippen LogP contribution in [0.3, 0.4) is 0 Å². The van der Waals surface area contributed by atoms with Crippen molar-refractivity contribution >= 4 is 5.78 Å². The monoisotopic (exact) mass is 304 g/mol. The molecule has 122 valence electrons. The summed E-state index contributed by atoms with van der Waals surface area (Å²) in [5.74, 6) is 1.79. The maximum Gasteiger partial charge on any atom is 0.155 e. The van der Waals surface area contributed by atoms with Crippen LogP contribution < -0.4 is 0 Å². The first kappa shape index (κ1) is 14.9. The van der Waals surface area contributed by atoms with E-state index in [0.717, 1.165) is 44.1 Å². The van der Waals surface area contributed by atoms with Crippen molar-refractivity contribution in [2.45, 2.75) is 71.0 Å². The van der Waals surface area contributed by atoms with Crippen LogP contribution in [0.5, 0.6) is 0 Å². The molecule has 0 aromatic heterocycles. The van der Waals surface area contributed by atoms with Gasteiger partial charge in [-0.15, -0.1) is 0 Å². The summed E-state index contributed by atoms with van der Waals surface area (Å²) >= 11 is 0. The molecule has 3 nitrogen and oxygen atoms in total. The van der Waals surface area contributed by atoms with E-state index in [0.29, 0.717) is 24.2 Å². The predicted octanol–water partition coefficient (Wildman–Crippen LogP) is 2.85. The second-order valence-corrected chi connectivity index (χ2v) is 8.75. The summed E-state index contributed by atoms with van der Waals surface area (Å²) in [5.41, 5.74) is 1.04. The lowest BCUT2D eigenvalue weighted by molar-refractivity contribution is -0.120. The largest absolute Gasteiger partial charge is 0.393 e. The molecule has 0 unspecified atom stereocenters. The number of rotatable bonds is 0. The Balaban J connectivity index is 1.73. The zero-order valence-electron chi connectivity index (χ0n) is 13.7. The van der Waals surface area contributed by atoms with E-state index in [9.17, 15) is 15.0 Å². The highest BCUT2D eigenvalue weighted by Gasteiger charge is 2.60. The summed E-state index contributed by atoms with van der Waals surface area (Å²) in [7, 11) is 0. The minimum absolute atomic E-state index is 0.00881. The molecule has 0 saturated heterocycles. The molecule has 0 aromatic rings. The van der Waals surface area contributed by atoms with Gasteiger partial charge in [-0.25, -0.2) is 0 Å². The van der Waals surface area contributed by atoms with Gasteiger partial charge in [-0.05, 0) is 78.8 Å².